The fourth-order valence-corrected chi connectivity index (χ4v) is 1.44. The maximum absolute atomic E-state index is 11.8. The molecule has 0 aliphatic rings. The second-order valence-electron chi connectivity index (χ2n) is 3.67. The van der Waals surface area contributed by atoms with Gasteiger partial charge in [-0.05, 0) is 31.2 Å². The molecule has 0 unspecified atom stereocenters. The summed E-state index contributed by atoms with van der Waals surface area (Å²) in [6.07, 6.45) is 6.80. The van der Waals surface area contributed by atoms with Crippen LogP contribution in [-0.2, 0) is 13.6 Å². The molecule has 0 aromatic carbocycles. The van der Waals surface area contributed by atoms with Crippen molar-refractivity contribution < 1.29 is 4.79 Å². The van der Waals surface area contributed by atoms with Crippen LogP contribution in [-0.4, -0.2) is 25.3 Å². The van der Waals surface area contributed by atoms with Crippen LogP contribution in [0.15, 0.2) is 30.6 Å². The third kappa shape index (κ3) is 2.69. The van der Waals surface area contributed by atoms with Gasteiger partial charge in [0.25, 0.3) is 0 Å². The Morgan fingerprint density at radius 2 is 2.18 bits per heavy atom. The van der Waals surface area contributed by atoms with Gasteiger partial charge in [-0.1, -0.05) is 0 Å². The molecule has 5 nitrogen and oxygen atoms in total. The van der Waals surface area contributed by atoms with Crippen LogP contribution in [0.5, 0.6) is 0 Å². The molecule has 2 heterocycles. The highest BCUT2D eigenvalue weighted by atomic mass is 16.1. The maximum atomic E-state index is 11.8. The number of hydrogen-bond donors (Lipinski definition) is 0. The van der Waals surface area contributed by atoms with E-state index in [0.717, 1.165) is 12.2 Å². The van der Waals surface area contributed by atoms with Crippen LogP contribution in [0, 0.1) is 0 Å². The topological polar surface area (TPSA) is 52.7 Å². The fourth-order valence-electron chi connectivity index (χ4n) is 1.44. The van der Waals surface area contributed by atoms with Crippen molar-refractivity contribution in [2.75, 3.05) is 0 Å². The van der Waals surface area contributed by atoms with Gasteiger partial charge >= 0.3 is 0 Å². The second kappa shape index (κ2) is 4.78. The summed E-state index contributed by atoms with van der Waals surface area (Å²) >= 11 is 0. The molecule has 0 saturated carbocycles. The molecule has 5 heteroatoms. The SMILES string of the molecule is CCn1ccc(C(=O)/C=C/c2ccn(C)n2)n1. The van der Waals surface area contributed by atoms with E-state index in [4.69, 9.17) is 0 Å². The van der Waals surface area contributed by atoms with E-state index in [1.165, 1.54) is 6.08 Å². The minimum Gasteiger partial charge on any atom is -0.287 e. The molecule has 2 rings (SSSR count). The second-order valence-corrected chi connectivity index (χ2v) is 3.67. The molecule has 2 aromatic heterocycles. The van der Waals surface area contributed by atoms with Gasteiger partial charge in [0.05, 0.1) is 5.69 Å². The van der Waals surface area contributed by atoms with Gasteiger partial charge in [-0.3, -0.25) is 14.2 Å². The highest BCUT2D eigenvalue weighted by molar-refractivity contribution is 6.05. The molecule has 0 aliphatic heterocycles. The van der Waals surface area contributed by atoms with Crippen molar-refractivity contribution in [2.45, 2.75) is 13.5 Å². The minimum atomic E-state index is -0.108. The Hall–Kier alpha value is -2.17. The number of carbonyl (C=O) groups excluding carboxylic acids is 1. The van der Waals surface area contributed by atoms with Gasteiger partial charge in [0, 0.05) is 26.0 Å². The fraction of sp³-hybridized carbons (Fsp3) is 0.250. The Morgan fingerprint density at radius 3 is 2.76 bits per heavy atom. The molecule has 0 N–H and O–H groups in total. The van der Waals surface area contributed by atoms with E-state index in [9.17, 15) is 4.79 Å². The molecule has 0 atom stereocenters. The molecule has 2 aromatic rings. The van der Waals surface area contributed by atoms with Gasteiger partial charge in [-0.25, -0.2) is 0 Å². The average Bonchev–Trinajstić information content (AvgIpc) is 2.94. The number of aryl methyl sites for hydroxylation is 2. The largest absolute Gasteiger partial charge is 0.287 e. The van der Waals surface area contributed by atoms with Crippen LogP contribution >= 0.6 is 0 Å². The van der Waals surface area contributed by atoms with E-state index < -0.39 is 0 Å². The summed E-state index contributed by atoms with van der Waals surface area (Å²) in [4.78, 5) is 11.8. The molecule has 17 heavy (non-hydrogen) atoms. The Bertz CT molecular complexity index is 550. The lowest BCUT2D eigenvalue weighted by atomic mass is 10.2. The van der Waals surface area contributed by atoms with Crippen molar-refractivity contribution in [1.29, 1.82) is 0 Å². The van der Waals surface area contributed by atoms with Crippen LogP contribution in [0.1, 0.15) is 23.1 Å². The van der Waals surface area contributed by atoms with Gasteiger partial charge in [0.15, 0.2) is 0 Å². The Kier molecular flexibility index (Phi) is 3.18. The normalized spacial score (nSPS) is 11.2. The Balaban J connectivity index is 2.08. The lowest BCUT2D eigenvalue weighted by Gasteiger charge is -1.91. The highest BCUT2D eigenvalue weighted by Gasteiger charge is 2.05. The summed E-state index contributed by atoms with van der Waals surface area (Å²) in [6.45, 7) is 2.74. The van der Waals surface area contributed by atoms with Gasteiger partial charge < -0.3 is 0 Å². The van der Waals surface area contributed by atoms with Gasteiger partial charge in [-0.15, -0.1) is 0 Å². The molecule has 0 fully saturated rings. The third-order valence-corrected chi connectivity index (χ3v) is 2.36. The van der Waals surface area contributed by atoms with Crippen molar-refractivity contribution in [1.82, 2.24) is 19.6 Å². The van der Waals surface area contributed by atoms with E-state index in [1.54, 1.807) is 27.7 Å². The maximum Gasteiger partial charge on any atom is 0.206 e. The Labute approximate surface area is 99.4 Å². The van der Waals surface area contributed by atoms with Crippen LogP contribution in [0.2, 0.25) is 0 Å². The van der Waals surface area contributed by atoms with E-state index in [2.05, 4.69) is 10.2 Å². The van der Waals surface area contributed by atoms with Crippen molar-refractivity contribution in [3.05, 3.63) is 42.0 Å². The van der Waals surface area contributed by atoms with E-state index in [1.807, 2.05) is 26.2 Å². The summed E-state index contributed by atoms with van der Waals surface area (Å²) in [5, 5.41) is 8.29. The molecule has 0 aliphatic carbocycles. The summed E-state index contributed by atoms with van der Waals surface area (Å²) < 4.78 is 3.41. The molecule has 88 valence electrons. The van der Waals surface area contributed by atoms with Crippen LogP contribution < -0.4 is 0 Å². The molecule has 0 spiro atoms. The zero-order valence-corrected chi connectivity index (χ0v) is 9.87. The minimum absolute atomic E-state index is 0.108. The first kappa shape index (κ1) is 11.3. The summed E-state index contributed by atoms with van der Waals surface area (Å²) in [6, 6.07) is 3.56. The third-order valence-electron chi connectivity index (χ3n) is 2.36. The molecule has 0 amide bonds. The predicted molar refractivity (Wildman–Crippen MR) is 64.5 cm³/mol. The van der Waals surface area contributed by atoms with Gasteiger partial charge in [0.2, 0.25) is 5.78 Å². The molecule has 0 saturated heterocycles. The zero-order chi connectivity index (χ0) is 12.3. The van der Waals surface area contributed by atoms with Crippen molar-refractivity contribution in [2.24, 2.45) is 7.05 Å². The number of allylic oxidation sites excluding steroid dienone is 1. The lowest BCUT2D eigenvalue weighted by Crippen LogP contribution is -2.00. The van der Waals surface area contributed by atoms with Crippen LogP contribution in [0.4, 0.5) is 0 Å². The van der Waals surface area contributed by atoms with Gasteiger partial charge in [0.1, 0.15) is 5.69 Å². The van der Waals surface area contributed by atoms with E-state index >= 15 is 0 Å². The number of rotatable bonds is 4. The number of aromatic nitrogens is 4. The molecule has 0 radical (unpaired) electrons. The molecular formula is C12H14N4O. The smallest absolute Gasteiger partial charge is 0.206 e. The van der Waals surface area contributed by atoms with E-state index in [-0.39, 0.29) is 5.78 Å². The summed E-state index contributed by atoms with van der Waals surface area (Å²) in [7, 11) is 1.84. The van der Waals surface area contributed by atoms with Gasteiger partial charge in [-0.2, -0.15) is 10.2 Å². The predicted octanol–water partition coefficient (Wildman–Crippen LogP) is 1.53. The number of carbonyl (C=O) groups is 1. The molecule has 0 bridgehead atoms. The standard InChI is InChI=1S/C12H14N4O/c1-3-16-9-7-11(14-16)12(17)5-4-10-6-8-15(2)13-10/h4-9H,3H2,1-2H3/b5-4+. The summed E-state index contributed by atoms with van der Waals surface area (Å²) in [5.41, 5.74) is 1.22. The lowest BCUT2D eigenvalue weighted by molar-refractivity contribution is 0.104. The van der Waals surface area contributed by atoms with Crippen LogP contribution in [0.25, 0.3) is 6.08 Å². The first-order chi connectivity index (χ1) is 8.19. The van der Waals surface area contributed by atoms with Crippen molar-refractivity contribution >= 4 is 11.9 Å². The van der Waals surface area contributed by atoms with Crippen molar-refractivity contribution in [3.8, 4) is 0 Å². The Morgan fingerprint density at radius 1 is 1.35 bits per heavy atom. The zero-order valence-electron chi connectivity index (χ0n) is 9.87. The first-order valence-corrected chi connectivity index (χ1v) is 5.44. The first-order valence-electron chi connectivity index (χ1n) is 5.44. The average molecular weight is 230 g/mol. The highest BCUT2D eigenvalue weighted by Crippen LogP contribution is 2.02. The monoisotopic (exact) mass is 230 g/mol. The number of hydrogen-bond acceptors (Lipinski definition) is 3. The van der Waals surface area contributed by atoms with Crippen LogP contribution in [0.3, 0.4) is 0 Å². The summed E-state index contributed by atoms with van der Waals surface area (Å²) in [5.74, 6) is -0.108. The van der Waals surface area contributed by atoms with E-state index in [0.29, 0.717) is 5.69 Å². The number of nitrogens with zero attached hydrogens (tertiary/aromatic N) is 4. The van der Waals surface area contributed by atoms with Crippen molar-refractivity contribution in [3.63, 3.8) is 0 Å². The number of ketones is 1. The molecular weight excluding hydrogens is 216 g/mol. The quantitative estimate of drug-likeness (QED) is 0.591.